The van der Waals surface area contributed by atoms with Gasteiger partial charge >= 0.3 is 6.18 Å². The van der Waals surface area contributed by atoms with Gasteiger partial charge in [-0.3, -0.25) is 4.79 Å². The number of amides is 1. The van der Waals surface area contributed by atoms with Gasteiger partial charge in [0.2, 0.25) is 0 Å². The van der Waals surface area contributed by atoms with Gasteiger partial charge in [-0.25, -0.2) is 13.1 Å². The van der Waals surface area contributed by atoms with E-state index in [0.29, 0.717) is 12.1 Å². The molecule has 4 nitrogen and oxygen atoms in total. The highest BCUT2D eigenvalue weighted by Crippen LogP contribution is 2.33. The van der Waals surface area contributed by atoms with Crippen LogP contribution in [-0.4, -0.2) is 14.3 Å². The maximum Gasteiger partial charge on any atom is 0.416 e. The highest BCUT2D eigenvalue weighted by Gasteiger charge is 2.37. The van der Waals surface area contributed by atoms with Crippen LogP contribution in [0, 0.1) is 0 Å². The third-order valence-electron chi connectivity index (χ3n) is 2.07. The average Bonchev–Trinajstić information content (AvgIpc) is 2.36. The van der Waals surface area contributed by atoms with Crippen molar-refractivity contribution < 1.29 is 26.4 Å². The van der Waals surface area contributed by atoms with Crippen LogP contribution in [0.3, 0.4) is 0 Å². The first-order valence-electron chi connectivity index (χ1n) is 4.00. The Balaban J connectivity index is 2.67. The molecule has 0 bridgehead atoms. The smallest absolute Gasteiger partial charge is 0.268 e. The lowest BCUT2D eigenvalue weighted by molar-refractivity contribution is -0.137. The van der Waals surface area contributed by atoms with Crippen molar-refractivity contribution >= 4 is 15.9 Å². The molecule has 0 aromatic heterocycles. The molecule has 0 fully saturated rings. The van der Waals surface area contributed by atoms with E-state index >= 15 is 0 Å². The van der Waals surface area contributed by atoms with Crippen LogP contribution in [0.25, 0.3) is 0 Å². The van der Waals surface area contributed by atoms with Gasteiger partial charge in [-0.2, -0.15) is 13.2 Å². The Labute approximate surface area is 88.1 Å². The highest BCUT2D eigenvalue weighted by molar-refractivity contribution is 7.90. The van der Waals surface area contributed by atoms with E-state index in [4.69, 9.17) is 0 Å². The summed E-state index contributed by atoms with van der Waals surface area (Å²) in [4.78, 5) is 10.7. The molecule has 0 radical (unpaired) electrons. The van der Waals surface area contributed by atoms with E-state index < -0.39 is 38.1 Å². The summed E-state index contributed by atoms with van der Waals surface area (Å²) in [5.74, 6) is -1.04. The van der Waals surface area contributed by atoms with Gasteiger partial charge in [0.25, 0.3) is 15.9 Å². The van der Waals surface area contributed by atoms with E-state index in [2.05, 4.69) is 0 Å². The zero-order chi connectivity index (χ0) is 12.1. The zero-order valence-electron chi connectivity index (χ0n) is 7.50. The number of hydrogen-bond donors (Lipinski definition) is 1. The summed E-state index contributed by atoms with van der Waals surface area (Å²) >= 11 is 0. The first-order chi connectivity index (χ1) is 7.22. The van der Waals surface area contributed by atoms with Crippen LogP contribution >= 0.6 is 0 Å². The van der Waals surface area contributed by atoms with Gasteiger partial charge in [-0.1, -0.05) is 0 Å². The predicted octanol–water partition coefficient (Wildman–Crippen LogP) is 1.14. The van der Waals surface area contributed by atoms with Gasteiger partial charge in [0, 0.05) is 0 Å². The Morgan fingerprint density at radius 3 is 2.38 bits per heavy atom. The van der Waals surface area contributed by atoms with Crippen molar-refractivity contribution in [3.05, 3.63) is 29.3 Å². The van der Waals surface area contributed by atoms with E-state index in [0.717, 1.165) is 6.07 Å². The SMILES string of the molecule is O=C1NS(=O)(=O)c2ccc(C(F)(F)F)cc21. The fourth-order valence-corrected chi connectivity index (χ4v) is 2.50. The normalized spacial score (nSPS) is 18.1. The molecule has 1 amide bonds. The first kappa shape index (κ1) is 10.9. The number of fused-ring (bicyclic) bond motifs is 1. The zero-order valence-corrected chi connectivity index (χ0v) is 8.32. The maximum atomic E-state index is 12.3. The number of hydrogen-bond acceptors (Lipinski definition) is 3. The molecule has 0 spiro atoms. The Kier molecular flexibility index (Phi) is 2.03. The van der Waals surface area contributed by atoms with Crippen molar-refractivity contribution in [2.45, 2.75) is 11.1 Å². The van der Waals surface area contributed by atoms with Crippen LogP contribution in [0.2, 0.25) is 0 Å². The topological polar surface area (TPSA) is 63.2 Å². The molecular weight excluding hydrogens is 247 g/mol. The molecule has 1 aromatic carbocycles. The monoisotopic (exact) mass is 251 g/mol. The number of benzene rings is 1. The third-order valence-corrected chi connectivity index (χ3v) is 3.46. The molecule has 16 heavy (non-hydrogen) atoms. The van der Waals surface area contributed by atoms with Crippen LogP contribution in [0.5, 0.6) is 0 Å². The number of alkyl halides is 3. The largest absolute Gasteiger partial charge is 0.416 e. The maximum absolute atomic E-state index is 12.3. The number of carbonyl (C=O) groups excluding carboxylic acids is 1. The molecule has 1 N–H and O–H groups in total. The van der Waals surface area contributed by atoms with Crippen molar-refractivity contribution in [3.63, 3.8) is 0 Å². The molecule has 1 aliphatic heterocycles. The lowest BCUT2D eigenvalue weighted by atomic mass is 10.1. The minimum absolute atomic E-state index is 0.425. The van der Waals surface area contributed by atoms with Gasteiger partial charge in [-0.05, 0) is 18.2 Å². The second kappa shape index (κ2) is 2.97. The molecule has 1 aromatic rings. The molecule has 1 aliphatic rings. The molecule has 0 unspecified atom stereocenters. The lowest BCUT2D eigenvalue weighted by Gasteiger charge is -2.06. The van der Waals surface area contributed by atoms with E-state index in [1.54, 1.807) is 4.72 Å². The van der Waals surface area contributed by atoms with Gasteiger partial charge < -0.3 is 0 Å². The number of carbonyl (C=O) groups is 1. The van der Waals surface area contributed by atoms with Crippen LogP contribution in [0.4, 0.5) is 13.2 Å². The summed E-state index contributed by atoms with van der Waals surface area (Å²) in [7, 11) is -3.98. The van der Waals surface area contributed by atoms with Gasteiger partial charge in [0.1, 0.15) is 4.90 Å². The van der Waals surface area contributed by atoms with Crippen molar-refractivity contribution in [1.29, 1.82) is 0 Å². The number of rotatable bonds is 0. The molecule has 86 valence electrons. The fourth-order valence-electron chi connectivity index (χ4n) is 1.35. The standard InChI is InChI=1S/C8H4F3NO3S/c9-8(10,11)4-1-2-6-5(3-4)7(13)12-16(6,14)15/h1-3H,(H,12,13). The van der Waals surface area contributed by atoms with Gasteiger partial charge in [0.05, 0.1) is 11.1 Å². The summed E-state index contributed by atoms with van der Waals surface area (Å²) in [6.45, 7) is 0. The summed E-state index contributed by atoms with van der Waals surface area (Å²) in [5, 5.41) is 0. The Hall–Kier alpha value is -1.57. The lowest BCUT2D eigenvalue weighted by Crippen LogP contribution is -2.20. The Morgan fingerprint density at radius 1 is 1.19 bits per heavy atom. The van der Waals surface area contributed by atoms with Crippen LogP contribution in [-0.2, 0) is 16.2 Å². The minimum Gasteiger partial charge on any atom is -0.268 e. The summed E-state index contributed by atoms with van der Waals surface area (Å²) < 4.78 is 60.9. The van der Waals surface area contributed by atoms with Crippen LogP contribution in [0.15, 0.2) is 23.1 Å². The van der Waals surface area contributed by atoms with Crippen molar-refractivity contribution in [2.24, 2.45) is 0 Å². The Morgan fingerprint density at radius 2 is 1.81 bits per heavy atom. The molecular formula is C8H4F3NO3S. The van der Waals surface area contributed by atoms with Crippen molar-refractivity contribution in [3.8, 4) is 0 Å². The van der Waals surface area contributed by atoms with Crippen molar-refractivity contribution in [1.82, 2.24) is 4.72 Å². The summed E-state index contributed by atoms with van der Waals surface area (Å²) in [5.41, 5.74) is -1.53. The number of halogens is 3. The Bertz CT molecular complexity index is 577. The third kappa shape index (κ3) is 1.54. The molecule has 0 saturated carbocycles. The molecule has 0 atom stereocenters. The first-order valence-corrected chi connectivity index (χ1v) is 5.48. The predicted molar refractivity (Wildman–Crippen MR) is 46.1 cm³/mol. The van der Waals surface area contributed by atoms with E-state index in [9.17, 15) is 26.4 Å². The van der Waals surface area contributed by atoms with E-state index in [1.165, 1.54) is 0 Å². The van der Waals surface area contributed by atoms with E-state index in [-0.39, 0.29) is 0 Å². The minimum atomic E-state index is -4.61. The van der Waals surface area contributed by atoms with Gasteiger partial charge in [0.15, 0.2) is 0 Å². The molecule has 8 heteroatoms. The second-order valence-corrected chi connectivity index (χ2v) is 4.79. The summed E-state index contributed by atoms with van der Waals surface area (Å²) in [6, 6.07) is 1.91. The van der Waals surface area contributed by atoms with E-state index in [1.807, 2.05) is 0 Å². The number of nitrogens with one attached hydrogen (secondary N) is 1. The molecule has 0 aliphatic carbocycles. The highest BCUT2D eigenvalue weighted by atomic mass is 32.2. The average molecular weight is 251 g/mol. The summed E-state index contributed by atoms with van der Waals surface area (Å²) in [6.07, 6.45) is -4.61. The fraction of sp³-hybridized carbons (Fsp3) is 0.125. The molecule has 2 rings (SSSR count). The van der Waals surface area contributed by atoms with Crippen LogP contribution < -0.4 is 4.72 Å². The quantitative estimate of drug-likeness (QED) is 0.752. The van der Waals surface area contributed by atoms with Crippen LogP contribution in [0.1, 0.15) is 15.9 Å². The molecule has 1 heterocycles. The van der Waals surface area contributed by atoms with Crippen molar-refractivity contribution in [2.75, 3.05) is 0 Å². The second-order valence-electron chi connectivity index (χ2n) is 3.14. The number of sulfonamides is 1. The van der Waals surface area contributed by atoms with Gasteiger partial charge in [-0.15, -0.1) is 0 Å². The molecule has 0 saturated heterocycles.